The maximum atomic E-state index is 5.35. The minimum atomic E-state index is 0.319. The molecule has 0 spiro atoms. The normalized spacial score (nSPS) is 18.5. The maximum Gasteiger partial charge on any atom is 0.231 e. The van der Waals surface area contributed by atoms with Crippen molar-refractivity contribution in [1.82, 2.24) is 0 Å². The van der Waals surface area contributed by atoms with Crippen LogP contribution in [-0.4, -0.2) is 19.2 Å². The molecule has 3 rings (SSSR count). The lowest BCUT2D eigenvalue weighted by Gasteiger charge is -2.08. The summed E-state index contributed by atoms with van der Waals surface area (Å²) in [6, 6.07) is 5.90. The molecule has 2 aliphatic rings. The van der Waals surface area contributed by atoms with Crippen molar-refractivity contribution < 1.29 is 9.47 Å². The summed E-state index contributed by atoms with van der Waals surface area (Å²) in [4.78, 5) is 4.55. The largest absolute Gasteiger partial charge is 0.454 e. The van der Waals surface area contributed by atoms with Gasteiger partial charge in [0.05, 0.1) is 0 Å². The van der Waals surface area contributed by atoms with Gasteiger partial charge in [0.15, 0.2) is 11.5 Å². The third-order valence-corrected chi connectivity index (χ3v) is 3.04. The van der Waals surface area contributed by atoms with Crippen molar-refractivity contribution in [2.24, 2.45) is 4.99 Å². The highest BCUT2D eigenvalue weighted by molar-refractivity contribution is 5.95. The summed E-state index contributed by atoms with van der Waals surface area (Å²) < 4.78 is 10.6. The van der Waals surface area contributed by atoms with E-state index in [1.165, 1.54) is 19.3 Å². The number of amidine groups is 1. The standard InChI is InChI=1S/C13H16N2O2/c1-2-4-13(14-7-3-1)15-10-5-6-11-12(8-10)17-9-16-11/h5-6,8H,1-4,7,9H2,(H,14,15). The summed E-state index contributed by atoms with van der Waals surface area (Å²) in [5.41, 5.74) is 1.02. The fourth-order valence-electron chi connectivity index (χ4n) is 2.12. The van der Waals surface area contributed by atoms with Gasteiger partial charge in [-0.2, -0.15) is 0 Å². The summed E-state index contributed by atoms with van der Waals surface area (Å²) in [7, 11) is 0. The molecule has 2 aliphatic heterocycles. The van der Waals surface area contributed by atoms with Crippen LogP contribution >= 0.6 is 0 Å². The highest BCUT2D eigenvalue weighted by Crippen LogP contribution is 2.34. The first-order valence-electron chi connectivity index (χ1n) is 6.12. The van der Waals surface area contributed by atoms with Crippen molar-refractivity contribution in [3.05, 3.63) is 18.2 Å². The van der Waals surface area contributed by atoms with Crippen molar-refractivity contribution in [3.8, 4) is 11.5 Å². The van der Waals surface area contributed by atoms with Crippen LogP contribution in [0.3, 0.4) is 0 Å². The zero-order valence-electron chi connectivity index (χ0n) is 9.74. The highest BCUT2D eigenvalue weighted by Gasteiger charge is 2.13. The van der Waals surface area contributed by atoms with Crippen LogP contribution in [0.5, 0.6) is 11.5 Å². The van der Waals surface area contributed by atoms with E-state index < -0.39 is 0 Å². The number of nitrogens with one attached hydrogen (secondary N) is 1. The SMILES string of the molecule is c1cc2c(cc1NC1=NCCCCC1)OCO2. The van der Waals surface area contributed by atoms with E-state index in [1.807, 2.05) is 18.2 Å². The van der Waals surface area contributed by atoms with Gasteiger partial charge in [-0.15, -0.1) is 0 Å². The topological polar surface area (TPSA) is 42.9 Å². The number of anilines is 1. The first-order valence-corrected chi connectivity index (χ1v) is 6.12. The summed E-state index contributed by atoms with van der Waals surface area (Å²) >= 11 is 0. The molecule has 0 fully saturated rings. The third kappa shape index (κ3) is 2.35. The first-order chi connectivity index (χ1) is 8.42. The van der Waals surface area contributed by atoms with E-state index in [0.717, 1.165) is 36.0 Å². The second-order valence-electron chi connectivity index (χ2n) is 4.33. The Bertz CT molecular complexity index is 443. The predicted octanol–water partition coefficient (Wildman–Crippen LogP) is 2.80. The molecule has 1 aromatic carbocycles. The molecule has 0 aromatic heterocycles. The lowest BCUT2D eigenvalue weighted by molar-refractivity contribution is 0.174. The zero-order chi connectivity index (χ0) is 11.5. The monoisotopic (exact) mass is 232 g/mol. The quantitative estimate of drug-likeness (QED) is 0.809. The number of nitrogens with zero attached hydrogens (tertiary/aromatic N) is 1. The van der Waals surface area contributed by atoms with E-state index in [0.29, 0.717) is 6.79 Å². The van der Waals surface area contributed by atoms with Gasteiger partial charge < -0.3 is 14.8 Å². The van der Waals surface area contributed by atoms with Gasteiger partial charge in [0.2, 0.25) is 6.79 Å². The number of benzene rings is 1. The Hall–Kier alpha value is -1.71. The van der Waals surface area contributed by atoms with Crippen molar-refractivity contribution in [2.45, 2.75) is 25.7 Å². The summed E-state index contributed by atoms with van der Waals surface area (Å²) in [5.74, 6) is 2.71. The molecular formula is C13H16N2O2. The van der Waals surface area contributed by atoms with Gasteiger partial charge in [-0.1, -0.05) is 6.42 Å². The molecule has 0 atom stereocenters. The smallest absolute Gasteiger partial charge is 0.231 e. The zero-order valence-corrected chi connectivity index (χ0v) is 9.74. The van der Waals surface area contributed by atoms with Crippen LogP contribution in [0.1, 0.15) is 25.7 Å². The number of hydrogen-bond donors (Lipinski definition) is 1. The molecule has 90 valence electrons. The fourth-order valence-corrected chi connectivity index (χ4v) is 2.12. The number of rotatable bonds is 1. The van der Waals surface area contributed by atoms with Gasteiger partial charge >= 0.3 is 0 Å². The Labute approximate surface area is 101 Å². The number of hydrogen-bond acceptors (Lipinski definition) is 4. The van der Waals surface area contributed by atoms with Gasteiger partial charge in [0, 0.05) is 24.7 Å². The van der Waals surface area contributed by atoms with Crippen molar-refractivity contribution in [2.75, 3.05) is 18.7 Å². The molecule has 0 saturated heterocycles. The Morgan fingerprint density at radius 1 is 1.06 bits per heavy atom. The second-order valence-corrected chi connectivity index (χ2v) is 4.33. The van der Waals surface area contributed by atoms with Crippen LogP contribution in [0, 0.1) is 0 Å². The molecule has 0 amide bonds. The molecule has 0 unspecified atom stereocenters. The van der Waals surface area contributed by atoms with E-state index >= 15 is 0 Å². The van der Waals surface area contributed by atoms with Crippen LogP contribution < -0.4 is 14.8 Å². The molecule has 0 saturated carbocycles. The molecule has 1 aromatic rings. The summed E-state index contributed by atoms with van der Waals surface area (Å²) in [6.07, 6.45) is 4.73. The van der Waals surface area contributed by atoms with Crippen molar-refractivity contribution in [3.63, 3.8) is 0 Å². The molecule has 0 aliphatic carbocycles. The van der Waals surface area contributed by atoms with Crippen LogP contribution in [0.15, 0.2) is 23.2 Å². The summed E-state index contributed by atoms with van der Waals surface area (Å²) in [6.45, 7) is 1.26. The van der Waals surface area contributed by atoms with Crippen LogP contribution in [0.4, 0.5) is 5.69 Å². The van der Waals surface area contributed by atoms with Crippen LogP contribution in [-0.2, 0) is 0 Å². The Morgan fingerprint density at radius 2 is 2.00 bits per heavy atom. The molecule has 1 N–H and O–H groups in total. The first kappa shape index (κ1) is 10.4. The molecule has 17 heavy (non-hydrogen) atoms. The number of ether oxygens (including phenoxy) is 2. The minimum absolute atomic E-state index is 0.319. The number of aliphatic imine (C=N–C) groups is 1. The average Bonchev–Trinajstić information content (AvgIpc) is 2.65. The summed E-state index contributed by atoms with van der Waals surface area (Å²) in [5, 5.41) is 3.36. The van der Waals surface area contributed by atoms with Crippen molar-refractivity contribution >= 4 is 11.5 Å². The van der Waals surface area contributed by atoms with E-state index in [2.05, 4.69) is 10.3 Å². The Morgan fingerprint density at radius 3 is 3.00 bits per heavy atom. The van der Waals surface area contributed by atoms with E-state index in [1.54, 1.807) is 0 Å². The van der Waals surface area contributed by atoms with Crippen molar-refractivity contribution in [1.29, 1.82) is 0 Å². The van der Waals surface area contributed by atoms with Crippen LogP contribution in [0.2, 0.25) is 0 Å². The van der Waals surface area contributed by atoms with E-state index in [4.69, 9.17) is 9.47 Å². The van der Waals surface area contributed by atoms with Gasteiger partial charge in [-0.05, 0) is 25.0 Å². The van der Waals surface area contributed by atoms with Gasteiger partial charge in [0.1, 0.15) is 5.84 Å². The molecule has 4 nitrogen and oxygen atoms in total. The van der Waals surface area contributed by atoms with Gasteiger partial charge in [-0.3, -0.25) is 4.99 Å². The van der Waals surface area contributed by atoms with E-state index in [-0.39, 0.29) is 0 Å². The second kappa shape index (κ2) is 4.65. The predicted molar refractivity (Wildman–Crippen MR) is 67.0 cm³/mol. The lowest BCUT2D eigenvalue weighted by Crippen LogP contribution is -2.11. The Balaban J connectivity index is 1.74. The molecule has 4 heteroatoms. The molecule has 0 radical (unpaired) electrons. The highest BCUT2D eigenvalue weighted by atomic mass is 16.7. The lowest BCUT2D eigenvalue weighted by atomic mass is 10.2. The van der Waals surface area contributed by atoms with E-state index in [9.17, 15) is 0 Å². The molecule has 0 bridgehead atoms. The fraction of sp³-hybridized carbons (Fsp3) is 0.462. The molecule has 2 heterocycles. The molecular weight excluding hydrogens is 216 g/mol. The van der Waals surface area contributed by atoms with Crippen LogP contribution in [0.25, 0.3) is 0 Å². The minimum Gasteiger partial charge on any atom is -0.454 e. The Kier molecular flexibility index (Phi) is 2.86. The number of fused-ring (bicyclic) bond motifs is 1. The van der Waals surface area contributed by atoms with Gasteiger partial charge in [0.25, 0.3) is 0 Å². The third-order valence-electron chi connectivity index (χ3n) is 3.04. The maximum absolute atomic E-state index is 5.35. The van der Waals surface area contributed by atoms with Gasteiger partial charge in [-0.25, -0.2) is 0 Å². The average molecular weight is 232 g/mol.